The number of hydrogen-bond donors (Lipinski definition) is 1. The van der Waals surface area contributed by atoms with Crippen LogP contribution in [0.2, 0.25) is 5.02 Å². The van der Waals surface area contributed by atoms with Gasteiger partial charge >= 0.3 is 0 Å². The third-order valence-corrected chi connectivity index (χ3v) is 4.20. The van der Waals surface area contributed by atoms with Crippen LogP contribution in [0.1, 0.15) is 15.9 Å². The molecule has 0 saturated heterocycles. The van der Waals surface area contributed by atoms with E-state index in [4.69, 9.17) is 11.6 Å². The SMILES string of the molecule is O=C(Nc1ccn(Cc2c(F)cccc2Cl)n1)c1cc([N+](=O)[O-])cc([N+](=O)[O-])c1. The van der Waals surface area contributed by atoms with E-state index in [0.717, 1.165) is 18.2 Å². The van der Waals surface area contributed by atoms with E-state index in [0.29, 0.717) is 0 Å². The minimum absolute atomic E-state index is 0.00363. The molecule has 12 heteroatoms. The van der Waals surface area contributed by atoms with Gasteiger partial charge in [0.25, 0.3) is 17.3 Å². The van der Waals surface area contributed by atoms with Gasteiger partial charge in [0.2, 0.25) is 0 Å². The van der Waals surface area contributed by atoms with Gasteiger partial charge in [0.15, 0.2) is 5.82 Å². The van der Waals surface area contributed by atoms with Gasteiger partial charge in [-0.1, -0.05) is 17.7 Å². The van der Waals surface area contributed by atoms with Gasteiger partial charge in [-0.05, 0) is 12.1 Å². The van der Waals surface area contributed by atoms with Crippen LogP contribution in [-0.4, -0.2) is 25.5 Å². The predicted molar refractivity (Wildman–Crippen MR) is 100 cm³/mol. The summed E-state index contributed by atoms with van der Waals surface area (Å²) < 4.78 is 15.2. The van der Waals surface area contributed by atoms with Crippen LogP contribution in [0.5, 0.6) is 0 Å². The van der Waals surface area contributed by atoms with Crippen LogP contribution in [0, 0.1) is 26.0 Å². The lowest BCUT2D eigenvalue weighted by Crippen LogP contribution is -2.13. The Kier molecular flexibility index (Phi) is 5.50. The van der Waals surface area contributed by atoms with Crippen molar-refractivity contribution in [1.82, 2.24) is 9.78 Å². The first-order chi connectivity index (χ1) is 13.7. The Balaban J connectivity index is 1.80. The molecular weight excluding hydrogens is 409 g/mol. The van der Waals surface area contributed by atoms with Crippen LogP contribution < -0.4 is 5.32 Å². The number of carbonyl (C=O) groups is 1. The Morgan fingerprint density at radius 1 is 1.14 bits per heavy atom. The Hall–Kier alpha value is -3.86. The molecule has 148 valence electrons. The number of nitro benzene ring substituents is 2. The second-order valence-corrected chi connectivity index (χ2v) is 6.21. The highest BCUT2D eigenvalue weighted by atomic mass is 35.5. The third kappa shape index (κ3) is 4.52. The van der Waals surface area contributed by atoms with Crippen LogP contribution >= 0.6 is 11.6 Å². The van der Waals surface area contributed by atoms with Crippen molar-refractivity contribution in [3.8, 4) is 0 Å². The van der Waals surface area contributed by atoms with E-state index in [9.17, 15) is 29.4 Å². The van der Waals surface area contributed by atoms with Crippen LogP contribution in [0.4, 0.5) is 21.6 Å². The second-order valence-electron chi connectivity index (χ2n) is 5.81. The second kappa shape index (κ2) is 8.02. The van der Waals surface area contributed by atoms with Crippen molar-refractivity contribution < 1.29 is 19.0 Å². The van der Waals surface area contributed by atoms with Crippen molar-refractivity contribution in [2.45, 2.75) is 6.54 Å². The van der Waals surface area contributed by atoms with E-state index in [1.54, 1.807) is 0 Å². The summed E-state index contributed by atoms with van der Waals surface area (Å²) in [4.78, 5) is 32.5. The minimum Gasteiger partial charge on any atom is -0.305 e. The number of nitrogens with zero attached hydrogens (tertiary/aromatic N) is 4. The molecule has 1 amide bonds. The van der Waals surface area contributed by atoms with Crippen molar-refractivity contribution in [3.63, 3.8) is 0 Å². The largest absolute Gasteiger partial charge is 0.305 e. The molecule has 0 unspecified atom stereocenters. The number of hydrogen-bond acceptors (Lipinski definition) is 6. The zero-order chi connectivity index (χ0) is 21.1. The van der Waals surface area contributed by atoms with E-state index >= 15 is 0 Å². The van der Waals surface area contributed by atoms with Crippen molar-refractivity contribution in [2.75, 3.05) is 5.32 Å². The molecule has 0 atom stereocenters. The first kappa shape index (κ1) is 19.9. The van der Waals surface area contributed by atoms with E-state index in [-0.39, 0.29) is 28.5 Å². The summed E-state index contributed by atoms with van der Waals surface area (Å²) in [6.07, 6.45) is 1.47. The summed E-state index contributed by atoms with van der Waals surface area (Å²) in [7, 11) is 0. The lowest BCUT2D eigenvalue weighted by molar-refractivity contribution is -0.394. The minimum atomic E-state index is -0.837. The molecule has 0 aliphatic rings. The Morgan fingerprint density at radius 3 is 2.38 bits per heavy atom. The molecule has 10 nitrogen and oxygen atoms in total. The highest BCUT2D eigenvalue weighted by Crippen LogP contribution is 2.24. The van der Waals surface area contributed by atoms with Crippen molar-refractivity contribution in [2.24, 2.45) is 0 Å². The summed E-state index contributed by atoms with van der Waals surface area (Å²) in [5, 5.41) is 28.5. The van der Waals surface area contributed by atoms with E-state index in [2.05, 4.69) is 10.4 Å². The Morgan fingerprint density at radius 2 is 1.79 bits per heavy atom. The average Bonchev–Trinajstić information content (AvgIpc) is 3.11. The van der Waals surface area contributed by atoms with Gasteiger partial charge in [0.1, 0.15) is 5.82 Å². The molecule has 0 radical (unpaired) electrons. The average molecular weight is 420 g/mol. The smallest absolute Gasteiger partial charge is 0.277 e. The number of carbonyl (C=O) groups excluding carboxylic acids is 1. The van der Waals surface area contributed by atoms with Gasteiger partial charge in [-0.25, -0.2) is 4.39 Å². The van der Waals surface area contributed by atoms with Crippen LogP contribution in [0.3, 0.4) is 0 Å². The van der Waals surface area contributed by atoms with Crippen LogP contribution in [0.15, 0.2) is 48.7 Å². The number of aromatic nitrogens is 2. The van der Waals surface area contributed by atoms with E-state index in [1.807, 2.05) is 0 Å². The highest BCUT2D eigenvalue weighted by Gasteiger charge is 2.20. The van der Waals surface area contributed by atoms with Gasteiger partial charge in [-0.3, -0.25) is 29.7 Å². The number of non-ortho nitro benzene ring substituents is 2. The zero-order valence-electron chi connectivity index (χ0n) is 14.4. The Bertz CT molecular complexity index is 1080. The quantitative estimate of drug-likeness (QED) is 0.477. The predicted octanol–water partition coefficient (Wildman–Crippen LogP) is 3.79. The maximum absolute atomic E-state index is 13.9. The maximum Gasteiger partial charge on any atom is 0.277 e. The summed E-state index contributed by atoms with van der Waals surface area (Å²) in [5.41, 5.74) is -1.25. The summed E-state index contributed by atoms with van der Waals surface area (Å²) in [5.74, 6) is -1.27. The van der Waals surface area contributed by atoms with Gasteiger partial charge in [0.05, 0.1) is 28.0 Å². The van der Waals surface area contributed by atoms with Crippen LogP contribution in [-0.2, 0) is 6.54 Å². The number of halogens is 2. The van der Waals surface area contributed by atoms with Crippen molar-refractivity contribution >= 4 is 34.7 Å². The Labute approximate surface area is 166 Å². The standard InChI is InChI=1S/C17H11ClFN5O5/c18-14-2-1-3-15(19)13(14)9-22-5-4-16(21-22)20-17(25)10-6-11(23(26)27)8-12(7-10)24(28)29/h1-8H,9H2,(H,20,21,25). The summed E-state index contributed by atoms with van der Waals surface area (Å²) in [6.45, 7) is 0.00363. The number of rotatable bonds is 6. The van der Waals surface area contributed by atoms with E-state index in [1.165, 1.54) is 35.1 Å². The van der Waals surface area contributed by atoms with Crippen molar-refractivity contribution in [3.05, 3.63) is 90.9 Å². The maximum atomic E-state index is 13.9. The zero-order valence-corrected chi connectivity index (χ0v) is 15.2. The third-order valence-electron chi connectivity index (χ3n) is 3.85. The normalized spacial score (nSPS) is 10.6. The molecule has 1 N–H and O–H groups in total. The lowest BCUT2D eigenvalue weighted by atomic mass is 10.1. The molecule has 3 rings (SSSR count). The molecule has 29 heavy (non-hydrogen) atoms. The number of nitrogens with one attached hydrogen (secondary N) is 1. The first-order valence-electron chi connectivity index (χ1n) is 7.96. The van der Waals surface area contributed by atoms with E-state index < -0.39 is 32.9 Å². The first-order valence-corrected chi connectivity index (χ1v) is 8.34. The molecule has 1 aromatic heterocycles. The van der Waals surface area contributed by atoms with Gasteiger partial charge in [-0.15, -0.1) is 0 Å². The monoisotopic (exact) mass is 419 g/mol. The number of nitro groups is 2. The number of amides is 1. The molecule has 0 spiro atoms. The molecule has 0 aliphatic carbocycles. The molecule has 3 aromatic rings. The molecular formula is C17H11ClFN5O5. The highest BCUT2D eigenvalue weighted by molar-refractivity contribution is 6.31. The molecule has 0 saturated carbocycles. The fraction of sp³-hybridized carbons (Fsp3) is 0.0588. The number of anilines is 1. The summed E-state index contributed by atoms with van der Waals surface area (Å²) in [6, 6.07) is 8.25. The topological polar surface area (TPSA) is 133 Å². The van der Waals surface area contributed by atoms with Gasteiger partial charge in [0, 0.05) is 35.0 Å². The fourth-order valence-corrected chi connectivity index (χ4v) is 2.71. The van der Waals surface area contributed by atoms with Crippen molar-refractivity contribution in [1.29, 1.82) is 0 Å². The molecule has 0 fully saturated rings. The van der Waals surface area contributed by atoms with Crippen LogP contribution in [0.25, 0.3) is 0 Å². The van der Waals surface area contributed by atoms with Gasteiger partial charge in [-0.2, -0.15) is 5.10 Å². The summed E-state index contributed by atoms with van der Waals surface area (Å²) >= 11 is 5.97. The van der Waals surface area contributed by atoms with Gasteiger partial charge < -0.3 is 5.32 Å². The number of benzene rings is 2. The molecule has 0 bridgehead atoms. The molecule has 2 aromatic carbocycles. The lowest BCUT2D eigenvalue weighted by Gasteiger charge is -2.06. The molecule has 0 aliphatic heterocycles. The molecule has 1 heterocycles. The fourth-order valence-electron chi connectivity index (χ4n) is 2.49.